The van der Waals surface area contributed by atoms with Gasteiger partial charge in [-0.25, -0.2) is 9.88 Å². The number of carbonyl (C=O) groups excluding carboxylic acids is 2. The molecule has 0 saturated carbocycles. The van der Waals surface area contributed by atoms with Gasteiger partial charge in [0.1, 0.15) is 11.4 Å². The molecule has 0 radical (unpaired) electrons. The first-order valence-electron chi connectivity index (χ1n) is 6.56. The van der Waals surface area contributed by atoms with Crippen LogP contribution >= 0.6 is 0 Å². The fourth-order valence-electron chi connectivity index (χ4n) is 2.84. The van der Waals surface area contributed by atoms with Gasteiger partial charge in [0, 0.05) is 6.20 Å². The van der Waals surface area contributed by atoms with Gasteiger partial charge in [-0.2, -0.15) is 0 Å². The van der Waals surface area contributed by atoms with Gasteiger partial charge < -0.3 is 5.73 Å². The lowest BCUT2D eigenvalue weighted by atomic mass is 9.77. The number of hydrogen-bond donors (Lipinski definition) is 1. The maximum absolute atomic E-state index is 12.6. The molecule has 2 N–H and O–H groups in total. The van der Waals surface area contributed by atoms with Crippen LogP contribution in [0.1, 0.15) is 13.3 Å². The first-order chi connectivity index (χ1) is 9.59. The van der Waals surface area contributed by atoms with E-state index in [-0.39, 0.29) is 5.91 Å². The molecule has 1 aromatic heterocycles. The average Bonchev–Trinajstić information content (AvgIpc) is 2.67. The second-order valence-corrected chi connectivity index (χ2v) is 4.99. The standard InChI is InChI=1S/C15H15N3O2/c1-2-10-6-5-8-15(16)12(10)13(19)18(14(15)20)11-7-3-4-9-17-11/h3-9,12H,2,16H2,1H3. The molecule has 2 heterocycles. The number of aromatic nitrogens is 1. The molecule has 102 valence electrons. The van der Waals surface area contributed by atoms with E-state index < -0.39 is 17.4 Å². The normalized spacial score (nSPS) is 28.6. The van der Waals surface area contributed by atoms with Crippen molar-refractivity contribution in [2.75, 3.05) is 4.90 Å². The number of nitrogens with zero attached hydrogens (tertiary/aromatic N) is 2. The van der Waals surface area contributed by atoms with Crippen LogP contribution in [0.4, 0.5) is 5.82 Å². The molecule has 3 rings (SSSR count). The number of rotatable bonds is 2. The topological polar surface area (TPSA) is 76.3 Å². The predicted molar refractivity (Wildman–Crippen MR) is 74.7 cm³/mol. The maximum atomic E-state index is 12.6. The van der Waals surface area contributed by atoms with Gasteiger partial charge >= 0.3 is 0 Å². The van der Waals surface area contributed by atoms with Gasteiger partial charge in [0.25, 0.3) is 5.91 Å². The monoisotopic (exact) mass is 269 g/mol. The SMILES string of the molecule is CCC1=CC=CC2(N)C(=O)N(c3ccccn3)C(=O)C12. The number of imide groups is 1. The third-order valence-corrected chi connectivity index (χ3v) is 3.86. The third kappa shape index (κ3) is 1.56. The highest BCUT2D eigenvalue weighted by atomic mass is 16.2. The van der Waals surface area contributed by atoms with Crippen LogP contribution in [0, 0.1) is 5.92 Å². The van der Waals surface area contributed by atoms with Crippen LogP contribution < -0.4 is 10.6 Å². The Morgan fingerprint density at radius 3 is 2.85 bits per heavy atom. The summed E-state index contributed by atoms with van der Waals surface area (Å²) in [4.78, 5) is 30.4. The molecule has 1 aliphatic carbocycles. The van der Waals surface area contributed by atoms with Crippen LogP contribution in [0.15, 0.2) is 48.2 Å². The Kier molecular flexibility index (Phi) is 2.79. The van der Waals surface area contributed by atoms with E-state index in [0.717, 1.165) is 10.5 Å². The Morgan fingerprint density at radius 2 is 2.20 bits per heavy atom. The van der Waals surface area contributed by atoms with Gasteiger partial charge in [-0.05, 0) is 18.6 Å². The first-order valence-corrected chi connectivity index (χ1v) is 6.56. The number of hydrogen-bond acceptors (Lipinski definition) is 4. The first kappa shape index (κ1) is 12.7. The van der Waals surface area contributed by atoms with Gasteiger partial charge in [0.05, 0.1) is 5.92 Å². The van der Waals surface area contributed by atoms with Crippen LogP contribution in [-0.4, -0.2) is 22.3 Å². The number of nitrogens with two attached hydrogens (primary N) is 1. The number of carbonyl (C=O) groups is 2. The number of anilines is 1. The molecule has 20 heavy (non-hydrogen) atoms. The molecule has 0 aromatic carbocycles. The Bertz CT molecular complexity index is 636. The van der Waals surface area contributed by atoms with E-state index in [9.17, 15) is 9.59 Å². The van der Waals surface area contributed by atoms with E-state index in [2.05, 4.69) is 4.98 Å². The maximum Gasteiger partial charge on any atom is 0.260 e. The van der Waals surface area contributed by atoms with E-state index in [1.807, 2.05) is 13.0 Å². The molecule has 2 unspecified atom stereocenters. The Morgan fingerprint density at radius 1 is 1.40 bits per heavy atom. The lowest BCUT2D eigenvalue weighted by molar-refractivity contribution is -0.122. The molecule has 5 nitrogen and oxygen atoms in total. The smallest absolute Gasteiger partial charge is 0.260 e. The quantitative estimate of drug-likeness (QED) is 0.818. The second kappa shape index (κ2) is 4.38. The summed E-state index contributed by atoms with van der Waals surface area (Å²) in [5.74, 6) is -1.01. The predicted octanol–water partition coefficient (Wildman–Crippen LogP) is 1.17. The van der Waals surface area contributed by atoms with E-state index in [4.69, 9.17) is 5.73 Å². The molecule has 1 aliphatic heterocycles. The van der Waals surface area contributed by atoms with Crippen molar-refractivity contribution in [2.24, 2.45) is 11.7 Å². The van der Waals surface area contributed by atoms with E-state index in [1.54, 1.807) is 36.5 Å². The van der Waals surface area contributed by atoms with E-state index >= 15 is 0 Å². The third-order valence-electron chi connectivity index (χ3n) is 3.86. The molecule has 2 aliphatic rings. The minimum absolute atomic E-state index is 0.298. The average molecular weight is 269 g/mol. The lowest BCUT2D eigenvalue weighted by Gasteiger charge is -2.27. The van der Waals surface area contributed by atoms with Gasteiger partial charge in [-0.1, -0.05) is 36.8 Å². The summed E-state index contributed by atoms with van der Waals surface area (Å²) < 4.78 is 0. The summed E-state index contributed by atoms with van der Waals surface area (Å²) in [6.45, 7) is 1.95. The Balaban J connectivity index is 2.10. The molecule has 1 fully saturated rings. The zero-order chi connectivity index (χ0) is 14.3. The number of allylic oxidation sites excluding steroid dienone is 2. The van der Waals surface area contributed by atoms with Crippen LogP contribution in [0.2, 0.25) is 0 Å². The summed E-state index contributed by atoms with van der Waals surface area (Å²) in [7, 11) is 0. The minimum Gasteiger partial charge on any atom is -0.313 e. The van der Waals surface area contributed by atoms with E-state index in [1.165, 1.54) is 0 Å². The zero-order valence-electron chi connectivity index (χ0n) is 11.1. The molecule has 2 atom stereocenters. The summed E-state index contributed by atoms with van der Waals surface area (Å²) in [6.07, 6.45) is 7.46. The largest absolute Gasteiger partial charge is 0.313 e. The van der Waals surface area contributed by atoms with Crippen LogP contribution in [0.25, 0.3) is 0 Å². The summed E-state index contributed by atoms with van der Waals surface area (Å²) in [6, 6.07) is 5.10. The van der Waals surface area contributed by atoms with Gasteiger partial charge in [0.15, 0.2) is 0 Å². The lowest BCUT2D eigenvalue weighted by Crippen LogP contribution is -2.51. The molecular formula is C15H15N3O2. The van der Waals surface area contributed by atoms with Crippen molar-refractivity contribution < 1.29 is 9.59 Å². The van der Waals surface area contributed by atoms with Crippen LogP contribution in [-0.2, 0) is 9.59 Å². The minimum atomic E-state index is -1.28. The van der Waals surface area contributed by atoms with Crippen LogP contribution in [0.5, 0.6) is 0 Å². The molecule has 0 spiro atoms. The van der Waals surface area contributed by atoms with Crippen molar-refractivity contribution in [3.8, 4) is 0 Å². The van der Waals surface area contributed by atoms with Crippen molar-refractivity contribution in [1.82, 2.24) is 4.98 Å². The van der Waals surface area contributed by atoms with E-state index in [0.29, 0.717) is 12.2 Å². The summed E-state index contributed by atoms with van der Waals surface area (Å²) >= 11 is 0. The fraction of sp³-hybridized carbons (Fsp3) is 0.267. The van der Waals surface area contributed by atoms with Gasteiger partial charge in [-0.15, -0.1) is 0 Å². The molecule has 1 saturated heterocycles. The van der Waals surface area contributed by atoms with Crippen LogP contribution in [0.3, 0.4) is 0 Å². The van der Waals surface area contributed by atoms with Gasteiger partial charge in [-0.3, -0.25) is 9.59 Å². The van der Waals surface area contributed by atoms with Crippen molar-refractivity contribution in [3.63, 3.8) is 0 Å². The highest BCUT2D eigenvalue weighted by Gasteiger charge is 2.58. The molecular weight excluding hydrogens is 254 g/mol. The second-order valence-electron chi connectivity index (χ2n) is 4.99. The summed E-state index contributed by atoms with van der Waals surface area (Å²) in [5, 5.41) is 0. The van der Waals surface area contributed by atoms with Crippen molar-refractivity contribution in [2.45, 2.75) is 18.9 Å². The Hall–Kier alpha value is -2.27. The van der Waals surface area contributed by atoms with Crippen molar-refractivity contribution in [1.29, 1.82) is 0 Å². The Labute approximate surface area is 116 Å². The molecule has 5 heteroatoms. The molecule has 1 aromatic rings. The van der Waals surface area contributed by atoms with Gasteiger partial charge in [0.2, 0.25) is 5.91 Å². The number of amides is 2. The highest BCUT2D eigenvalue weighted by Crippen LogP contribution is 2.40. The highest BCUT2D eigenvalue weighted by molar-refractivity contribution is 6.26. The number of fused-ring (bicyclic) bond motifs is 1. The zero-order valence-corrected chi connectivity index (χ0v) is 11.1. The van der Waals surface area contributed by atoms with Crippen molar-refractivity contribution >= 4 is 17.6 Å². The van der Waals surface area contributed by atoms with Crippen molar-refractivity contribution in [3.05, 3.63) is 48.2 Å². The number of pyridine rings is 1. The molecule has 0 bridgehead atoms. The summed E-state index contributed by atoms with van der Waals surface area (Å²) in [5.41, 5.74) is 5.82. The molecule has 2 amide bonds. The fourth-order valence-corrected chi connectivity index (χ4v) is 2.84.